The topological polar surface area (TPSA) is 70.8 Å². The Hall–Kier alpha value is -3.00. The third-order valence-corrected chi connectivity index (χ3v) is 7.60. The van der Waals surface area contributed by atoms with Crippen LogP contribution in [-0.4, -0.2) is 62.4 Å². The zero-order valence-corrected chi connectivity index (χ0v) is 19.3. The smallest absolute Gasteiger partial charge is 0.257 e. The maximum absolute atomic E-state index is 13.3. The number of aromatic nitrogens is 3. The van der Waals surface area contributed by atoms with Gasteiger partial charge in [0.2, 0.25) is 5.91 Å². The summed E-state index contributed by atoms with van der Waals surface area (Å²) in [6.07, 6.45) is 8.09. The Bertz CT molecular complexity index is 1190. The second kappa shape index (κ2) is 8.16. The summed E-state index contributed by atoms with van der Waals surface area (Å²) in [7, 11) is 0. The minimum absolute atomic E-state index is 0.0270. The normalized spacial score (nSPS) is 18.3. The van der Waals surface area contributed by atoms with Crippen molar-refractivity contribution >= 4 is 34.9 Å². The van der Waals surface area contributed by atoms with Crippen LogP contribution in [0.1, 0.15) is 46.6 Å². The number of carbonyl (C=O) groups is 2. The number of thiophene rings is 1. The molecule has 2 aliphatic heterocycles. The van der Waals surface area contributed by atoms with Crippen molar-refractivity contribution in [2.75, 3.05) is 26.2 Å². The van der Waals surface area contributed by atoms with Gasteiger partial charge in [-0.2, -0.15) is 16.4 Å². The minimum Gasteiger partial charge on any atom is -0.339 e. The molecule has 0 aliphatic carbocycles. The van der Waals surface area contributed by atoms with Gasteiger partial charge in [-0.3, -0.25) is 9.59 Å². The zero-order valence-electron chi connectivity index (χ0n) is 18.5. The van der Waals surface area contributed by atoms with E-state index in [2.05, 4.69) is 10.1 Å². The van der Waals surface area contributed by atoms with E-state index >= 15 is 0 Å². The number of carbonyl (C=O) groups excluding carboxylic acids is 2. The maximum atomic E-state index is 13.3. The highest BCUT2D eigenvalue weighted by atomic mass is 32.1. The van der Waals surface area contributed by atoms with Crippen molar-refractivity contribution in [1.82, 2.24) is 24.4 Å². The lowest BCUT2D eigenvalue weighted by atomic mass is 9.78. The lowest BCUT2D eigenvalue weighted by Gasteiger charge is -2.39. The Morgan fingerprint density at radius 2 is 1.88 bits per heavy atom. The van der Waals surface area contributed by atoms with E-state index in [9.17, 15) is 9.59 Å². The summed E-state index contributed by atoms with van der Waals surface area (Å²) in [4.78, 5) is 34.2. The highest BCUT2D eigenvalue weighted by Crippen LogP contribution is 2.41. The van der Waals surface area contributed by atoms with Gasteiger partial charge in [0.15, 0.2) is 5.65 Å². The molecule has 0 N–H and O–H groups in total. The lowest BCUT2D eigenvalue weighted by molar-refractivity contribution is -0.128. The fourth-order valence-electron chi connectivity index (χ4n) is 4.90. The van der Waals surface area contributed by atoms with Crippen molar-refractivity contribution in [3.63, 3.8) is 0 Å². The predicted molar refractivity (Wildman–Crippen MR) is 125 cm³/mol. The predicted octanol–water partition coefficient (Wildman–Crippen LogP) is 3.58. The molecule has 2 amide bonds. The molecule has 0 bridgehead atoms. The number of rotatable bonds is 3. The van der Waals surface area contributed by atoms with E-state index in [1.807, 2.05) is 52.6 Å². The first kappa shape index (κ1) is 20.9. The van der Waals surface area contributed by atoms with Gasteiger partial charge in [0.05, 0.1) is 17.0 Å². The summed E-state index contributed by atoms with van der Waals surface area (Å²) >= 11 is 1.63. The quantitative estimate of drug-likeness (QED) is 0.573. The van der Waals surface area contributed by atoms with Crippen LogP contribution in [0, 0.1) is 19.3 Å². The van der Waals surface area contributed by atoms with Crippen LogP contribution in [0.5, 0.6) is 0 Å². The maximum Gasteiger partial charge on any atom is 0.257 e. The highest BCUT2D eigenvalue weighted by molar-refractivity contribution is 7.08. The van der Waals surface area contributed by atoms with Gasteiger partial charge in [0.1, 0.15) is 0 Å². The molecule has 32 heavy (non-hydrogen) atoms. The number of hydrogen-bond acceptors (Lipinski definition) is 5. The largest absolute Gasteiger partial charge is 0.339 e. The first-order chi connectivity index (χ1) is 15.4. The zero-order chi connectivity index (χ0) is 22.3. The number of nitrogens with zero attached hydrogens (tertiary/aromatic N) is 5. The molecule has 5 heterocycles. The third kappa shape index (κ3) is 3.83. The molecule has 0 atom stereocenters. The Morgan fingerprint density at radius 1 is 1.12 bits per heavy atom. The lowest BCUT2D eigenvalue weighted by Crippen LogP contribution is -2.44. The molecule has 2 saturated heterocycles. The second-order valence-electron chi connectivity index (χ2n) is 9.01. The first-order valence-corrected chi connectivity index (χ1v) is 12.0. The molecule has 3 aromatic rings. The van der Waals surface area contributed by atoms with Gasteiger partial charge in [-0.1, -0.05) is 0 Å². The van der Waals surface area contributed by atoms with Crippen LogP contribution < -0.4 is 0 Å². The second-order valence-corrected chi connectivity index (χ2v) is 9.79. The third-order valence-electron chi connectivity index (χ3n) is 6.90. The van der Waals surface area contributed by atoms with Crippen molar-refractivity contribution < 1.29 is 9.59 Å². The average molecular weight is 450 g/mol. The van der Waals surface area contributed by atoms with Gasteiger partial charge in [0.25, 0.3) is 5.91 Å². The summed E-state index contributed by atoms with van der Waals surface area (Å²) in [6, 6.07) is 3.92. The van der Waals surface area contributed by atoms with Crippen molar-refractivity contribution in [3.8, 4) is 0 Å². The monoisotopic (exact) mass is 449 g/mol. The van der Waals surface area contributed by atoms with Crippen LogP contribution in [0.25, 0.3) is 11.7 Å². The minimum atomic E-state index is 0.0270. The molecule has 1 spiro atoms. The first-order valence-electron chi connectivity index (χ1n) is 11.0. The van der Waals surface area contributed by atoms with Gasteiger partial charge >= 0.3 is 0 Å². The van der Waals surface area contributed by atoms with Crippen molar-refractivity contribution in [2.45, 2.75) is 33.1 Å². The summed E-state index contributed by atoms with van der Waals surface area (Å²) in [6.45, 7) is 6.83. The van der Waals surface area contributed by atoms with Gasteiger partial charge in [0, 0.05) is 44.5 Å². The van der Waals surface area contributed by atoms with Crippen LogP contribution in [0.4, 0.5) is 0 Å². The van der Waals surface area contributed by atoms with Gasteiger partial charge < -0.3 is 9.80 Å². The van der Waals surface area contributed by atoms with E-state index in [0.717, 1.165) is 68.0 Å². The van der Waals surface area contributed by atoms with Crippen molar-refractivity contribution in [3.05, 3.63) is 57.7 Å². The molecule has 0 radical (unpaired) electrons. The Morgan fingerprint density at radius 3 is 2.59 bits per heavy atom. The average Bonchev–Trinajstić information content (AvgIpc) is 3.53. The molecule has 3 aromatic heterocycles. The van der Waals surface area contributed by atoms with E-state index in [4.69, 9.17) is 0 Å². The molecule has 166 valence electrons. The molecule has 8 heteroatoms. The summed E-state index contributed by atoms with van der Waals surface area (Å²) in [5, 5.41) is 8.50. The molecule has 5 rings (SSSR count). The number of likely N-dealkylation sites (tertiary alicyclic amines) is 2. The van der Waals surface area contributed by atoms with Crippen molar-refractivity contribution in [1.29, 1.82) is 0 Å². The Balaban J connectivity index is 1.22. The van der Waals surface area contributed by atoms with E-state index in [-0.39, 0.29) is 17.2 Å². The van der Waals surface area contributed by atoms with E-state index in [1.54, 1.807) is 28.1 Å². The van der Waals surface area contributed by atoms with Crippen LogP contribution >= 0.6 is 11.3 Å². The molecule has 0 saturated carbocycles. The molecule has 7 nitrogen and oxygen atoms in total. The van der Waals surface area contributed by atoms with E-state index in [0.29, 0.717) is 5.56 Å². The number of hydrogen-bond donors (Lipinski definition) is 0. The number of aryl methyl sites for hydroxylation is 2. The molecule has 2 fully saturated rings. The van der Waals surface area contributed by atoms with E-state index < -0.39 is 0 Å². The summed E-state index contributed by atoms with van der Waals surface area (Å²) in [5.41, 5.74) is 4.26. The number of piperidine rings is 1. The van der Waals surface area contributed by atoms with E-state index in [1.165, 1.54) is 0 Å². The summed E-state index contributed by atoms with van der Waals surface area (Å²) < 4.78 is 1.75. The molecule has 0 unspecified atom stereocenters. The standard InChI is InChI=1S/C24H27N5O2S/c1-17-13-21-25-14-20(18(2)29(21)26-17)23(31)28-11-8-24(16-28)6-9-27(10-7-24)22(30)4-3-19-5-12-32-15-19/h3-5,12-15H,6-11,16H2,1-2H3. The van der Waals surface area contributed by atoms with Crippen molar-refractivity contribution in [2.24, 2.45) is 5.41 Å². The van der Waals surface area contributed by atoms with Crippen LogP contribution in [0.15, 0.2) is 35.2 Å². The fourth-order valence-corrected chi connectivity index (χ4v) is 5.53. The highest BCUT2D eigenvalue weighted by Gasteiger charge is 2.43. The van der Waals surface area contributed by atoms with Gasteiger partial charge in [-0.05, 0) is 67.0 Å². The molecular formula is C24H27N5O2S. The SMILES string of the molecule is Cc1cc2ncc(C(=O)N3CCC4(CCN(C(=O)C=Cc5ccsc5)CC4)C3)c(C)n2n1. The molecule has 2 aliphatic rings. The van der Waals surface area contributed by atoms with Crippen LogP contribution in [-0.2, 0) is 4.79 Å². The number of amides is 2. The Kier molecular flexibility index (Phi) is 5.33. The fraction of sp³-hybridized carbons (Fsp3) is 0.417. The Labute approximate surface area is 191 Å². The van der Waals surface area contributed by atoms with Gasteiger partial charge in [-0.25, -0.2) is 9.50 Å². The number of fused-ring (bicyclic) bond motifs is 1. The molecular weight excluding hydrogens is 422 g/mol. The van der Waals surface area contributed by atoms with Crippen LogP contribution in [0.3, 0.4) is 0 Å². The molecule has 0 aromatic carbocycles. The van der Waals surface area contributed by atoms with Gasteiger partial charge in [-0.15, -0.1) is 0 Å². The van der Waals surface area contributed by atoms with Crippen LogP contribution in [0.2, 0.25) is 0 Å². The summed E-state index contributed by atoms with van der Waals surface area (Å²) in [5.74, 6) is 0.0978.